The van der Waals surface area contributed by atoms with Gasteiger partial charge in [0.2, 0.25) is 0 Å². The van der Waals surface area contributed by atoms with E-state index in [9.17, 15) is 0 Å². The number of unbranched alkanes of at least 4 members (excludes halogenated alkanes) is 1. The van der Waals surface area contributed by atoms with Gasteiger partial charge in [0, 0.05) is 25.0 Å². The Kier molecular flexibility index (Phi) is 14.9. The van der Waals surface area contributed by atoms with E-state index in [1.165, 1.54) is 12.8 Å². The molecule has 12 heavy (non-hydrogen) atoms. The minimum atomic E-state index is 0.430. The van der Waals surface area contributed by atoms with Crippen molar-refractivity contribution in [3.05, 3.63) is 11.9 Å². The molecule has 0 heterocycles. The lowest BCUT2D eigenvalue weighted by Crippen LogP contribution is -2.16. The standard InChI is InChI=1S/C7H17N3.C2H6/c1-2-3-4-10-6-7(9)5-8;1-2/h6,10H,2-5,8-9H2,1H3;1-2H3/b7-6-;. The maximum absolute atomic E-state index is 5.43. The van der Waals surface area contributed by atoms with Crippen molar-refractivity contribution in [1.82, 2.24) is 5.32 Å². The smallest absolute Gasteiger partial charge is 0.0378 e. The summed E-state index contributed by atoms with van der Waals surface area (Å²) < 4.78 is 0. The zero-order chi connectivity index (χ0) is 9.82. The molecule has 5 N–H and O–H groups in total. The molecule has 0 rings (SSSR count). The Morgan fingerprint density at radius 2 is 2.00 bits per heavy atom. The first-order valence-electron chi connectivity index (χ1n) is 4.69. The van der Waals surface area contributed by atoms with Crippen LogP contribution >= 0.6 is 0 Å². The fourth-order valence-corrected chi connectivity index (χ4v) is 0.541. The highest BCUT2D eigenvalue weighted by molar-refractivity contribution is 4.95. The van der Waals surface area contributed by atoms with Crippen LogP contribution in [0.1, 0.15) is 33.6 Å². The highest BCUT2D eigenvalue weighted by Gasteiger charge is 1.82. The summed E-state index contributed by atoms with van der Waals surface area (Å²) in [6.07, 6.45) is 4.15. The van der Waals surface area contributed by atoms with Gasteiger partial charge in [-0.2, -0.15) is 0 Å². The van der Waals surface area contributed by atoms with Gasteiger partial charge in [-0.15, -0.1) is 0 Å². The minimum Gasteiger partial charge on any atom is -0.400 e. The average molecular weight is 173 g/mol. The summed E-state index contributed by atoms with van der Waals surface area (Å²) in [5.74, 6) is 0. The van der Waals surface area contributed by atoms with Crippen LogP contribution in [0.15, 0.2) is 11.9 Å². The van der Waals surface area contributed by atoms with Gasteiger partial charge in [0.25, 0.3) is 0 Å². The summed E-state index contributed by atoms with van der Waals surface area (Å²) in [6.45, 7) is 7.56. The van der Waals surface area contributed by atoms with Crippen LogP contribution in [0.3, 0.4) is 0 Å². The van der Waals surface area contributed by atoms with Crippen LogP contribution in [0.2, 0.25) is 0 Å². The normalized spacial score (nSPS) is 10.2. The molecule has 0 spiro atoms. The molecule has 0 fully saturated rings. The molecule has 0 aromatic rings. The molecule has 0 radical (unpaired) electrons. The number of nitrogens with two attached hydrogens (primary N) is 2. The largest absolute Gasteiger partial charge is 0.400 e. The van der Waals surface area contributed by atoms with Gasteiger partial charge in [0.1, 0.15) is 0 Å². The third-order valence-electron chi connectivity index (χ3n) is 1.20. The van der Waals surface area contributed by atoms with Gasteiger partial charge in [0.15, 0.2) is 0 Å². The molecule has 3 heteroatoms. The minimum absolute atomic E-state index is 0.430. The van der Waals surface area contributed by atoms with E-state index in [1.54, 1.807) is 6.20 Å². The van der Waals surface area contributed by atoms with Gasteiger partial charge in [-0.05, 0) is 6.42 Å². The number of rotatable bonds is 5. The lowest BCUT2D eigenvalue weighted by Gasteiger charge is -1.99. The van der Waals surface area contributed by atoms with Crippen molar-refractivity contribution >= 4 is 0 Å². The van der Waals surface area contributed by atoms with Crippen molar-refractivity contribution in [2.75, 3.05) is 13.1 Å². The van der Waals surface area contributed by atoms with Gasteiger partial charge in [-0.3, -0.25) is 0 Å². The zero-order valence-corrected chi connectivity index (χ0v) is 8.56. The van der Waals surface area contributed by atoms with Crippen LogP contribution in [0.4, 0.5) is 0 Å². The maximum atomic E-state index is 5.43. The van der Waals surface area contributed by atoms with E-state index in [4.69, 9.17) is 11.5 Å². The Bertz CT molecular complexity index is 99.9. The summed E-state index contributed by atoms with van der Waals surface area (Å²) in [5.41, 5.74) is 11.4. The highest BCUT2D eigenvalue weighted by atomic mass is 14.8. The van der Waals surface area contributed by atoms with Crippen LogP contribution in [0.5, 0.6) is 0 Å². The highest BCUT2D eigenvalue weighted by Crippen LogP contribution is 1.82. The second-order valence-corrected chi connectivity index (χ2v) is 2.23. The Morgan fingerprint density at radius 3 is 2.42 bits per heavy atom. The molecule has 0 amide bonds. The molecule has 0 aliphatic heterocycles. The molecule has 0 saturated heterocycles. The predicted octanol–water partition coefficient (Wildman–Crippen LogP) is 1.16. The molecule has 0 unspecified atom stereocenters. The molecular weight excluding hydrogens is 150 g/mol. The Hall–Kier alpha value is -0.700. The van der Waals surface area contributed by atoms with Crippen LogP contribution < -0.4 is 16.8 Å². The first-order chi connectivity index (χ1) is 5.81. The quantitative estimate of drug-likeness (QED) is 0.547. The number of nitrogens with one attached hydrogen (secondary N) is 1. The van der Waals surface area contributed by atoms with Crippen molar-refractivity contribution in [3.8, 4) is 0 Å². The summed E-state index contributed by atoms with van der Waals surface area (Å²) in [4.78, 5) is 0. The third-order valence-corrected chi connectivity index (χ3v) is 1.20. The molecule has 0 aromatic heterocycles. The first kappa shape index (κ1) is 13.9. The number of hydrogen-bond acceptors (Lipinski definition) is 3. The fourth-order valence-electron chi connectivity index (χ4n) is 0.541. The molecule has 0 aliphatic carbocycles. The van der Waals surface area contributed by atoms with Gasteiger partial charge in [-0.25, -0.2) is 0 Å². The third kappa shape index (κ3) is 12.0. The van der Waals surface area contributed by atoms with E-state index in [-0.39, 0.29) is 0 Å². The molecule has 0 bridgehead atoms. The van der Waals surface area contributed by atoms with Crippen LogP contribution in [-0.2, 0) is 0 Å². The Balaban J connectivity index is 0. The van der Waals surface area contributed by atoms with Crippen molar-refractivity contribution in [1.29, 1.82) is 0 Å². The van der Waals surface area contributed by atoms with Gasteiger partial charge in [0.05, 0.1) is 0 Å². The first-order valence-corrected chi connectivity index (χ1v) is 4.69. The molecule has 74 valence electrons. The monoisotopic (exact) mass is 173 g/mol. The van der Waals surface area contributed by atoms with Crippen molar-refractivity contribution < 1.29 is 0 Å². The lowest BCUT2D eigenvalue weighted by molar-refractivity contribution is 0.730. The summed E-state index contributed by atoms with van der Waals surface area (Å²) >= 11 is 0. The van der Waals surface area contributed by atoms with E-state index < -0.39 is 0 Å². The van der Waals surface area contributed by atoms with Gasteiger partial charge >= 0.3 is 0 Å². The molecular formula is C9H23N3. The summed E-state index contributed by atoms with van der Waals surface area (Å²) in [7, 11) is 0. The average Bonchev–Trinajstić information content (AvgIpc) is 2.15. The van der Waals surface area contributed by atoms with E-state index in [0.717, 1.165) is 6.54 Å². The molecule has 3 nitrogen and oxygen atoms in total. The lowest BCUT2D eigenvalue weighted by atomic mass is 10.3. The van der Waals surface area contributed by atoms with E-state index >= 15 is 0 Å². The SMILES string of the molecule is CC.CCCCN/C=C(\N)CN. The summed E-state index contributed by atoms with van der Waals surface area (Å²) in [5, 5.41) is 3.07. The molecule has 0 atom stereocenters. The molecule has 0 aromatic carbocycles. The second kappa shape index (κ2) is 12.9. The van der Waals surface area contributed by atoms with Gasteiger partial charge in [-0.1, -0.05) is 27.2 Å². The van der Waals surface area contributed by atoms with E-state index in [2.05, 4.69) is 12.2 Å². The van der Waals surface area contributed by atoms with E-state index in [0.29, 0.717) is 12.2 Å². The van der Waals surface area contributed by atoms with E-state index in [1.807, 2.05) is 13.8 Å². The Labute approximate surface area is 76.2 Å². The Morgan fingerprint density at radius 1 is 1.42 bits per heavy atom. The second-order valence-electron chi connectivity index (χ2n) is 2.23. The topological polar surface area (TPSA) is 64.1 Å². The van der Waals surface area contributed by atoms with Crippen LogP contribution in [0.25, 0.3) is 0 Å². The van der Waals surface area contributed by atoms with Crippen LogP contribution in [0, 0.1) is 0 Å². The van der Waals surface area contributed by atoms with Crippen molar-refractivity contribution in [3.63, 3.8) is 0 Å². The zero-order valence-electron chi connectivity index (χ0n) is 8.56. The molecule has 0 saturated carbocycles. The fraction of sp³-hybridized carbons (Fsp3) is 0.778. The van der Waals surface area contributed by atoms with Crippen molar-refractivity contribution in [2.24, 2.45) is 11.5 Å². The van der Waals surface area contributed by atoms with Crippen LogP contribution in [-0.4, -0.2) is 13.1 Å². The van der Waals surface area contributed by atoms with Crippen molar-refractivity contribution in [2.45, 2.75) is 33.6 Å². The predicted molar refractivity (Wildman–Crippen MR) is 55.6 cm³/mol. The number of hydrogen-bond donors (Lipinski definition) is 3. The van der Waals surface area contributed by atoms with Gasteiger partial charge < -0.3 is 16.8 Å². The molecule has 0 aliphatic rings. The summed E-state index contributed by atoms with van der Waals surface area (Å²) in [6, 6.07) is 0. The maximum Gasteiger partial charge on any atom is 0.0378 e.